The lowest BCUT2D eigenvalue weighted by molar-refractivity contribution is 0.0539. The Kier molecular flexibility index (Phi) is 5.45. The van der Waals surface area contributed by atoms with Gasteiger partial charge in [0.1, 0.15) is 6.61 Å². The number of carbonyl (C=O) groups is 1. The van der Waals surface area contributed by atoms with Crippen molar-refractivity contribution in [2.75, 3.05) is 6.61 Å². The normalized spacial score (nSPS) is 21.0. The van der Waals surface area contributed by atoms with Gasteiger partial charge in [-0.1, -0.05) is 78.3 Å². The molecular weight excluding hydrogens is 442 g/mol. The number of carbonyl (C=O) groups excluding carboxylic acids is 1. The van der Waals surface area contributed by atoms with Gasteiger partial charge in [0, 0.05) is 17.0 Å². The number of ether oxygens (including phenoxy) is 1. The lowest BCUT2D eigenvalue weighted by atomic mass is 9.83. The van der Waals surface area contributed by atoms with E-state index in [1.54, 1.807) is 0 Å². The van der Waals surface area contributed by atoms with Crippen LogP contribution in [0.15, 0.2) is 72.8 Å². The predicted molar refractivity (Wildman–Crippen MR) is 137 cm³/mol. The van der Waals surface area contributed by atoms with Crippen molar-refractivity contribution in [1.82, 2.24) is 4.90 Å². The van der Waals surface area contributed by atoms with Crippen LogP contribution in [0.1, 0.15) is 53.9 Å². The molecule has 2 atom stereocenters. The molecule has 0 saturated carbocycles. The molecule has 1 aliphatic carbocycles. The molecule has 4 heteroatoms. The van der Waals surface area contributed by atoms with Gasteiger partial charge in [0.2, 0.25) is 0 Å². The maximum atomic E-state index is 13.4. The average Bonchev–Trinajstić information content (AvgIpc) is 3.17. The second-order valence-electron chi connectivity index (χ2n) is 9.72. The number of piperidine rings is 1. The van der Waals surface area contributed by atoms with Crippen molar-refractivity contribution in [3.63, 3.8) is 0 Å². The smallest absolute Gasteiger partial charge is 0.410 e. The zero-order valence-corrected chi connectivity index (χ0v) is 20.1. The van der Waals surface area contributed by atoms with E-state index < -0.39 is 0 Å². The number of hydrogen-bond donors (Lipinski definition) is 0. The minimum absolute atomic E-state index is 0.0872. The van der Waals surface area contributed by atoms with E-state index >= 15 is 0 Å². The molecule has 2 unspecified atom stereocenters. The van der Waals surface area contributed by atoms with Gasteiger partial charge >= 0.3 is 6.09 Å². The Morgan fingerprint density at radius 2 is 1.71 bits per heavy atom. The van der Waals surface area contributed by atoms with Crippen molar-refractivity contribution in [3.8, 4) is 11.1 Å². The Balaban J connectivity index is 1.22. The van der Waals surface area contributed by atoms with Gasteiger partial charge in [-0.25, -0.2) is 4.79 Å². The van der Waals surface area contributed by atoms with Crippen LogP contribution < -0.4 is 0 Å². The first kappa shape index (κ1) is 21.5. The van der Waals surface area contributed by atoms with E-state index in [1.165, 1.54) is 33.4 Å². The minimum Gasteiger partial charge on any atom is -0.448 e. The highest BCUT2D eigenvalue weighted by molar-refractivity contribution is 6.31. The molecule has 0 spiro atoms. The first-order valence-electron chi connectivity index (χ1n) is 12.2. The second kappa shape index (κ2) is 8.63. The van der Waals surface area contributed by atoms with Gasteiger partial charge in [-0.15, -0.1) is 0 Å². The number of hydrogen-bond acceptors (Lipinski definition) is 2. The van der Waals surface area contributed by atoms with Crippen LogP contribution >= 0.6 is 11.6 Å². The molecule has 3 aliphatic rings. The zero-order valence-electron chi connectivity index (χ0n) is 19.3. The molecule has 1 amide bonds. The highest BCUT2D eigenvalue weighted by Crippen LogP contribution is 2.45. The largest absolute Gasteiger partial charge is 0.448 e. The Morgan fingerprint density at radius 3 is 2.38 bits per heavy atom. The number of rotatable bonds is 3. The lowest BCUT2D eigenvalue weighted by Crippen LogP contribution is -2.51. The maximum Gasteiger partial charge on any atom is 0.410 e. The fourth-order valence-corrected chi connectivity index (χ4v) is 6.16. The Labute approximate surface area is 206 Å². The van der Waals surface area contributed by atoms with Crippen LogP contribution in [0.5, 0.6) is 0 Å². The zero-order chi connectivity index (χ0) is 23.2. The maximum absolute atomic E-state index is 13.4. The summed E-state index contributed by atoms with van der Waals surface area (Å²) in [5.41, 5.74) is 8.61. The first-order valence-corrected chi connectivity index (χ1v) is 12.6. The van der Waals surface area contributed by atoms with Crippen LogP contribution in [0.4, 0.5) is 4.79 Å². The summed E-state index contributed by atoms with van der Waals surface area (Å²) in [6, 6.07) is 23.4. The van der Waals surface area contributed by atoms with E-state index in [0.29, 0.717) is 6.61 Å². The van der Waals surface area contributed by atoms with Crippen LogP contribution in [-0.2, 0) is 4.74 Å². The summed E-state index contributed by atoms with van der Waals surface area (Å²) in [7, 11) is 0. The molecule has 3 aromatic rings. The summed E-state index contributed by atoms with van der Waals surface area (Å²) in [6.45, 7) is 2.41. The highest BCUT2D eigenvalue weighted by atomic mass is 35.5. The number of nitrogens with zero attached hydrogens (tertiary/aromatic N) is 1. The molecule has 2 heterocycles. The molecular formula is C30H28ClNO2. The van der Waals surface area contributed by atoms with E-state index in [-0.39, 0.29) is 24.1 Å². The molecule has 6 rings (SSSR count). The SMILES string of the molecule is Cc1cc(C2=CC3CCCC(C2)N3C(=O)OCC2c3ccccc3-c3ccccc32)ccc1Cl. The van der Waals surface area contributed by atoms with Crippen LogP contribution in [0, 0.1) is 6.92 Å². The van der Waals surface area contributed by atoms with Gasteiger partial charge in [-0.3, -0.25) is 4.90 Å². The topological polar surface area (TPSA) is 29.5 Å². The van der Waals surface area contributed by atoms with Crippen LogP contribution in [0.25, 0.3) is 16.7 Å². The van der Waals surface area contributed by atoms with E-state index in [0.717, 1.165) is 36.3 Å². The third-order valence-electron chi connectivity index (χ3n) is 7.71. The van der Waals surface area contributed by atoms with Gasteiger partial charge in [-0.2, -0.15) is 0 Å². The van der Waals surface area contributed by atoms with Crippen molar-refractivity contribution < 1.29 is 9.53 Å². The second-order valence-corrected chi connectivity index (χ2v) is 10.1. The number of amides is 1. The highest BCUT2D eigenvalue weighted by Gasteiger charge is 2.39. The summed E-state index contributed by atoms with van der Waals surface area (Å²) < 4.78 is 6.03. The minimum atomic E-state index is -0.181. The lowest BCUT2D eigenvalue weighted by Gasteiger charge is -2.44. The summed E-state index contributed by atoms with van der Waals surface area (Å²) in [5.74, 6) is 0.0872. The van der Waals surface area contributed by atoms with Crippen molar-refractivity contribution in [3.05, 3.63) is 100 Å². The monoisotopic (exact) mass is 469 g/mol. The molecule has 34 heavy (non-hydrogen) atoms. The number of benzene rings is 3. The molecule has 3 nitrogen and oxygen atoms in total. The summed E-state index contributed by atoms with van der Waals surface area (Å²) in [4.78, 5) is 15.4. The number of aryl methyl sites for hydroxylation is 1. The molecule has 172 valence electrons. The van der Waals surface area contributed by atoms with E-state index in [2.05, 4.69) is 66.7 Å². The van der Waals surface area contributed by atoms with Crippen molar-refractivity contribution >= 4 is 23.3 Å². The third-order valence-corrected chi connectivity index (χ3v) is 8.14. The van der Waals surface area contributed by atoms with Crippen LogP contribution in [0.3, 0.4) is 0 Å². The third kappa shape index (κ3) is 3.63. The van der Waals surface area contributed by atoms with E-state index in [9.17, 15) is 4.79 Å². The molecule has 0 N–H and O–H groups in total. The molecule has 0 aromatic heterocycles. The summed E-state index contributed by atoms with van der Waals surface area (Å²) in [5, 5.41) is 0.792. The standard InChI is InChI=1S/C30H28ClNO2/c1-19-15-20(13-14-29(19)31)21-16-22-7-6-8-23(17-21)32(22)30(33)34-18-28-26-11-4-2-9-24(26)25-10-3-5-12-27(25)28/h2-5,9-16,22-23,28H,6-8,17-18H2,1H3. The average molecular weight is 470 g/mol. The van der Waals surface area contributed by atoms with Gasteiger partial charge in [0.05, 0.1) is 6.04 Å². The van der Waals surface area contributed by atoms with Gasteiger partial charge in [-0.05, 0) is 77.6 Å². The Bertz CT molecular complexity index is 1250. The van der Waals surface area contributed by atoms with Crippen molar-refractivity contribution in [2.45, 2.75) is 50.6 Å². The Morgan fingerprint density at radius 1 is 1.00 bits per heavy atom. The van der Waals surface area contributed by atoms with Crippen molar-refractivity contribution in [1.29, 1.82) is 0 Å². The van der Waals surface area contributed by atoms with E-state index in [1.807, 2.05) is 17.9 Å². The molecule has 2 bridgehead atoms. The van der Waals surface area contributed by atoms with Gasteiger partial charge in [0.25, 0.3) is 0 Å². The number of halogens is 1. The quantitative estimate of drug-likeness (QED) is 0.395. The van der Waals surface area contributed by atoms with Crippen LogP contribution in [0.2, 0.25) is 5.02 Å². The fraction of sp³-hybridized carbons (Fsp3) is 0.300. The Hall–Kier alpha value is -3.04. The molecule has 3 aromatic carbocycles. The predicted octanol–water partition coefficient (Wildman–Crippen LogP) is 7.61. The fourth-order valence-electron chi connectivity index (χ4n) is 6.04. The van der Waals surface area contributed by atoms with Crippen LogP contribution in [-0.4, -0.2) is 29.7 Å². The molecule has 2 aliphatic heterocycles. The van der Waals surface area contributed by atoms with Gasteiger partial charge < -0.3 is 4.74 Å². The summed E-state index contributed by atoms with van der Waals surface area (Å²) >= 11 is 6.24. The molecule has 0 radical (unpaired) electrons. The van der Waals surface area contributed by atoms with Gasteiger partial charge in [0.15, 0.2) is 0 Å². The molecule has 1 saturated heterocycles. The van der Waals surface area contributed by atoms with Crippen molar-refractivity contribution in [2.24, 2.45) is 0 Å². The summed E-state index contributed by atoms with van der Waals surface area (Å²) in [6.07, 6.45) is 6.11. The number of fused-ring (bicyclic) bond motifs is 5. The van der Waals surface area contributed by atoms with E-state index in [4.69, 9.17) is 16.3 Å². The molecule has 1 fully saturated rings. The first-order chi connectivity index (χ1) is 16.6.